The van der Waals surface area contributed by atoms with Crippen molar-refractivity contribution in [3.63, 3.8) is 0 Å². The minimum atomic E-state index is -0.357. The number of nitrogens with zero attached hydrogens (tertiary/aromatic N) is 2. The van der Waals surface area contributed by atoms with Gasteiger partial charge in [0, 0.05) is 11.1 Å². The Balaban J connectivity index is 1.96. The summed E-state index contributed by atoms with van der Waals surface area (Å²) in [7, 11) is 0. The fourth-order valence-electron chi connectivity index (χ4n) is 2.30. The molecular formula is C18H13ClFN3O. The van der Waals surface area contributed by atoms with E-state index in [0.717, 1.165) is 5.56 Å². The highest BCUT2D eigenvalue weighted by Gasteiger charge is 2.16. The van der Waals surface area contributed by atoms with Gasteiger partial charge < -0.3 is 10.5 Å². The highest BCUT2D eigenvalue weighted by Crippen LogP contribution is 2.32. The number of hydrogen-bond donors (Lipinski definition) is 1. The third-order valence-corrected chi connectivity index (χ3v) is 3.72. The third-order valence-electron chi connectivity index (χ3n) is 3.47. The second kappa shape index (κ2) is 6.65. The van der Waals surface area contributed by atoms with Gasteiger partial charge in [0.05, 0.1) is 12.2 Å². The van der Waals surface area contributed by atoms with Gasteiger partial charge in [-0.05, 0) is 42.0 Å². The van der Waals surface area contributed by atoms with E-state index in [4.69, 9.17) is 22.1 Å². The summed E-state index contributed by atoms with van der Waals surface area (Å²) in [5.41, 5.74) is 7.63. The summed E-state index contributed by atoms with van der Waals surface area (Å²) in [6, 6.07) is 16.5. The van der Waals surface area contributed by atoms with Crippen molar-refractivity contribution in [2.75, 3.05) is 5.73 Å². The van der Waals surface area contributed by atoms with Crippen molar-refractivity contribution in [2.24, 2.45) is 0 Å². The zero-order valence-electron chi connectivity index (χ0n) is 12.5. The molecule has 0 spiro atoms. The van der Waals surface area contributed by atoms with Crippen LogP contribution in [0.5, 0.6) is 11.6 Å². The Morgan fingerprint density at radius 1 is 1.12 bits per heavy atom. The molecule has 0 aliphatic carbocycles. The zero-order valence-corrected chi connectivity index (χ0v) is 13.3. The summed E-state index contributed by atoms with van der Waals surface area (Å²) in [5.74, 6) is 0.417. The molecule has 0 fully saturated rings. The first kappa shape index (κ1) is 15.9. The van der Waals surface area contributed by atoms with Gasteiger partial charge in [-0.3, -0.25) is 4.57 Å². The molecular weight excluding hydrogens is 329 g/mol. The Hall–Kier alpha value is -2.97. The topological polar surface area (TPSA) is 64.0 Å². The molecule has 1 heterocycles. The molecule has 0 saturated heterocycles. The van der Waals surface area contributed by atoms with Crippen molar-refractivity contribution >= 4 is 17.3 Å². The maximum Gasteiger partial charge on any atom is 0.224 e. The molecule has 0 bridgehead atoms. The summed E-state index contributed by atoms with van der Waals surface area (Å²) < 4.78 is 20.5. The van der Waals surface area contributed by atoms with Crippen molar-refractivity contribution in [1.29, 1.82) is 5.26 Å². The van der Waals surface area contributed by atoms with Gasteiger partial charge in [0.2, 0.25) is 5.88 Å². The first-order chi connectivity index (χ1) is 11.6. The molecule has 2 N–H and O–H groups in total. The Kier molecular flexibility index (Phi) is 4.41. The number of nitrogen functional groups attached to an aromatic ring is 1. The number of nitriles is 1. The molecule has 0 atom stereocenters. The van der Waals surface area contributed by atoms with Crippen molar-refractivity contribution in [2.45, 2.75) is 6.54 Å². The van der Waals surface area contributed by atoms with Crippen LogP contribution in [0.4, 0.5) is 10.1 Å². The second-order valence-corrected chi connectivity index (χ2v) is 5.61. The molecule has 1 aromatic heterocycles. The molecule has 0 aliphatic heterocycles. The maximum atomic E-state index is 13.0. The van der Waals surface area contributed by atoms with Gasteiger partial charge in [0.25, 0.3) is 0 Å². The van der Waals surface area contributed by atoms with Gasteiger partial charge in [-0.25, -0.2) is 4.39 Å². The van der Waals surface area contributed by atoms with Crippen molar-refractivity contribution in [3.05, 3.63) is 76.7 Å². The minimum absolute atomic E-state index is 0.338. The number of hydrogen-bond acceptors (Lipinski definition) is 3. The van der Waals surface area contributed by atoms with Crippen LogP contribution < -0.4 is 10.5 Å². The van der Waals surface area contributed by atoms with Crippen LogP contribution in [-0.4, -0.2) is 4.57 Å². The van der Waals surface area contributed by atoms with E-state index in [0.29, 0.717) is 34.6 Å². The van der Waals surface area contributed by atoms with E-state index in [1.165, 1.54) is 24.3 Å². The predicted molar refractivity (Wildman–Crippen MR) is 90.6 cm³/mol. The van der Waals surface area contributed by atoms with Crippen LogP contribution in [-0.2, 0) is 6.54 Å². The number of halogens is 2. The molecule has 24 heavy (non-hydrogen) atoms. The van der Waals surface area contributed by atoms with E-state index in [-0.39, 0.29) is 5.82 Å². The van der Waals surface area contributed by atoms with E-state index >= 15 is 0 Å². The molecule has 2 aromatic carbocycles. The standard InChI is InChI=1S/C18H13ClFN3O/c19-13-3-1-12(2-4-13)11-23-15(10-21)9-17(22)18(23)24-16-7-5-14(20)6-8-16/h1-9H,11,22H2. The number of ether oxygens (including phenoxy) is 1. The molecule has 3 aromatic rings. The van der Waals surface area contributed by atoms with Crippen LogP contribution >= 0.6 is 11.6 Å². The molecule has 0 saturated carbocycles. The van der Waals surface area contributed by atoms with E-state index < -0.39 is 0 Å². The summed E-state index contributed by atoms with van der Waals surface area (Å²) >= 11 is 5.89. The van der Waals surface area contributed by atoms with Gasteiger partial charge in [-0.15, -0.1) is 0 Å². The first-order valence-electron chi connectivity index (χ1n) is 7.14. The number of aromatic nitrogens is 1. The van der Waals surface area contributed by atoms with Gasteiger partial charge in [0.15, 0.2) is 0 Å². The molecule has 0 unspecified atom stereocenters. The average molecular weight is 342 g/mol. The molecule has 0 radical (unpaired) electrons. The SMILES string of the molecule is N#Cc1cc(N)c(Oc2ccc(F)cc2)n1Cc1ccc(Cl)cc1. The number of rotatable bonds is 4. The highest BCUT2D eigenvalue weighted by molar-refractivity contribution is 6.30. The van der Waals surface area contributed by atoms with Crippen LogP contribution in [0.2, 0.25) is 5.02 Å². The maximum absolute atomic E-state index is 13.0. The summed E-state index contributed by atoms with van der Waals surface area (Å²) in [6.07, 6.45) is 0. The van der Waals surface area contributed by atoms with Crippen molar-refractivity contribution < 1.29 is 9.13 Å². The fourth-order valence-corrected chi connectivity index (χ4v) is 2.43. The largest absolute Gasteiger partial charge is 0.439 e. The zero-order chi connectivity index (χ0) is 17.1. The van der Waals surface area contributed by atoms with E-state index in [1.54, 1.807) is 22.8 Å². The normalized spacial score (nSPS) is 10.4. The second-order valence-electron chi connectivity index (χ2n) is 5.17. The van der Waals surface area contributed by atoms with E-state index in [1.807, 2.05) is 12.1 Å². The van der Waals surface area contributed by atoms with Crippen LogP contribution in [0.25, 0.3) is 0 Å². The lowest BCUT2D eigenvalue weighted by Gasteiger charge is -2.12. The number of nitrogens with two attached hydrogens (primary N) is 1. The quantitative estimate of drug-likeness (QED) is 0.755. The monoisotopic (exact) mass is 341 g/mol. The fraction of sp³-hybridized carbons (Fsp3) is 0.0556. The Labute approximate surface area is 143 Å². The predicted octanol–water partition coefficient (Wildman–Crippen LogP) is 4.58. The summed E-state index contributed by atoms with van der Waals surface area (Å²) in [6.45, 7) is 0.397. The lowest BCUT2D eigenvalue weighted by molar-refractivity contribution is 0.436. The number of benzene rings is 2. The molecule has 3 rings (SSSR count). The van der Waals surface area contributed by atoms with Gasteiger partial charge in [-0.2, -0.15) is 5.26 Å². The van der Waals surface area contributed by atoms with Gasteiger partial charge in [-0.1, -0.05) is 23.7 Å². The Bertz CT molecular complexity index is 896. The lowest BCUT2D eigenvalue weighted by atomic mass is 10.2. The third kappa shape index (κ3) is 3.34. The first-order valence-corrected chi connectivity index (χ1v) is 7.51. The minimum Gasteiger partial charge on any atom is -0.439 e. The lowest BCUT2D eigenvalue weighted by Crippen LogP contribution is -2.05. The van der Waals surface area contributed by atoms with E-state index in [9.17, 15) is 9.65 Å². The molecule has 120 valence electrons. The molecule has 6 heteroatoms. The summed E-state index contributed by atoms with van der Waals surface area (Å²) in [5, 5.41) is 9.96. The van der Waals surface area contributed by atoms with E-state index in [2.05, 4.69) is 6.07 Å². The molecule has 0 amide bonds. The molecule has 4 nitrogen and oxygen atoms in total. The van der Waals surface area contributed by atoms with Gasteiger partial charge in [0.1, 0.15) is 23.3 Å². The van der Waals surface area contributed by atoms with Crippen LogP contribution in [0.15, 0.2) is 54.6 Å². The van der Waals surface area contributed by atoms with Crippen molar-refractivity contribution in [1.82, 2.24) is 4.57 Å². The van der Waals surface area contributed by atoms with Gasteiger partial charge >= 0.3 is 0 Å². The smallest absolute Gasteiger partial charge is 0.224 e. The molecule has 0 aliphatic rings. The summed E-state index contributed by atoms with van der Waals surface area (Å²) in [4.78, 5) is 0. The highest BCUT2D eigenvalue weighted by atomic mass is 35.5. The van der Waals surface area contributed by atoms with Crippen LogP contribution in [0.3, 0.4) is 0 Å². The average Bonchev–Trinajstić information content (AvgIpc) is 2.87. The Morgan fingerprint density at radius 3 is 2.42 bits per heavy atom. The van der Waals surface area contributed by atoms with Crippen LogP contribution in [0, 0.1) is 17.1 Å². The van der Waals surface area contributed by atoms with Crippen molar-refractivity contribution in [3.8, 4) is 17.7 Å². The van der Waals surface area contributed by atoms with Crippen LogP contribution in [0.1, 0.15) is 11.3 Å². The number of anilines is 1. The Morgan fingerprint density at radius 2 is 1.79 bits per heavy atom.